The summed E-state index contributed by atoms with van der Waals surface area (Å²) in [5.74, 6) is -2.13. The highest BCUT2D eigenvalue weighted by Gasteiger charge is 2.43. The number of nitrogens with one attached hydrogen (secondary N) is 2. The Hall–Kier alpha value is -3.75. The quantitative estimate of drug-likeness (QED) is 0.0956. The summed E-state index contributed by atoms with van der Waals surface area (Å²) in [7, 11) is 8.24. The van der Waals surface area contributed by atoms with Crippen LogP contribution in [0.15, 0.2) is 35.4 Å². The Morgan fingerprint density at radius 3 is 2.15 bits per heavy atom. The van der Waals surface area contributed by atoms with Crippen LogP contribution in [0, 0.1) is 17.8 Å². The standard InChI is InChI=1S/C39H66N8O7/c1-13-24(4)34(46(10)39(52)32(26(6)43-44-40)42-38(51)33(23(2)3)45(8)9)30(53-11)22-31(48)47-21-17-20-29(47)36(54-12)25(5)37(50)41-27(7)35(49)28-18-15-14-16-19-28/h14-16,18-19,23-27,29-30,32-36,49H,13,17,20-22H2,1-12H3,(H,41,50)(H,42,51)/t24?,25?,26?,27?,29-,30?,32?,33?,34?,35?,36?/m0/s1. The zero-order valence-electron chi connectivity index (χ0n) is 34.4. The van der Waals surface area contributed by atoms with E-state index < -0.39 is 60.3 Å². The van der Waals surface area contributed by atoms with E-state index in [1.165, 1.54) is 19.1 Å². The third kappa shape index (κ3) is 11.9. The van der Waals surface area contributed by atoms with Crippen LogP contribution in [0.1, 0.15) is 85.8 Å². The van der Waals surface area contributed by atoms with Gasteiger partial charge in [0.15, 0.2) is 0 Å². The van der Waals surface area contributed by atoms with Gasteiger partial charge in [-0.2, -0.15) is 0 Å². The van der Waals surface area contributed by atoms with E-state index in [1.807, 2.05) is 45.9 Å². The fourth-order valence-electron chi connectivity index (χ4n) is 7.81. The van der Waals surface area contributed by atoms with Crippen molar-refractivity contribution < 1.29 is 33.8 Å². The Morgan fingerprint density at radius 1 is 1.00 bits per heavy atom. The van der Waals surface area contributed by atoms with E-state index in [9.17, 15) is 29.8 Å². The number of likely N-dealkylation sites (tertiary alicyclic amines) is 1. The number of aliphatic hydroxyl groups excluding tert-OH is 1. The number of ether oxygens (including phenoxy) is 2. The molecule has 304 valence electrons. The monoisotopic (exact) mass is 759 g/mol. The van der Waals surface area contributed by atoms with Crippen molar-refractivity contribution in [3.63, 3.8) is 0 Å². The summed E-state index contributed by atoms with van der Waals surface area (Å²) in [6.07, 6.45) is -0.254. The second kappa shape index (κ2) is 22.0. The minimum atomic E-state index is -1.16. The van der Waals surface area contributed by atoms with Gasteiger partial charge in [0.05, 0.1) is 60.9 Å². The molecule has 3 N–H and O–H groups in total. The van der Waals surface area contributed by atoms with E-state index in [0.29, 0.717) is 24.9 Å². The molecule has 1 aliphatic heterocycles. The number of carbonyl (C=O) groups is 4. The number of amides is 4. The smallest absolute Gasteiger partial charge is 0.245 e. The lowest BCUT2D eigenvalue weighted by Crippen LogP contribution is -2.60. The largest absolute Gasteiger partial charge is 0.386 e. The number of benzene rings is 1. The fraction of sp³-hybridized carbons (Fsp3) is 0.744. The molecule has 1 saturated heterocycles. The maximum Gasteiger partial charge on any atom is 0.245 e. The van der Waals surface area contributed by atoms with Gasteiger partial charge in [0.1, 0.15) is 6.04 Å². The molecule has 15 heteroatoms. The lowest BCUT2D eigenvalue weighted by molar-refractivity contribution is -0.147. The number of hydrogen-bond donors (Lipinski definition) is 3. The van der Waals surface area contributed by atoms with Gasteiger partial charge in [-0.05, 0) is 56.8 Å². The molecular formula is C39H66N8O7. The number of hydrogen-bond acceptors (Lipinski definition) is 9. The van der Waals surface area contributed by atoms with Crippen LogP contribution in [0.2, 0.25) is 0 Å². The molecule has 0 spiro atoms. The highest BCUT2D eigenvalue weighted by molar-refractivity contribution is 5.90. The average Bonchev–Trinajstić information content (AvgIpc) is 3.62. The molecule has 0 aromatic heterocycles. The summed E-state index contributed by atoms with van der Waals surface area (Å²) in [4.78, 5) is 63.4. The van der Waals surface area contributed by atoms with E-state index in [4.69, 9.17) is 9.47 Å². The van der Waals surface area contributed by atoms with Gasteiger partial charge in [-0.25, -0.2) is 0 Å². The van der Waals surface area contributed by atoms with Gasteiger partial charge < -0.3 is 35.0 Å². The van der Waals surface area contributed by atoms with Crippen molar-refractivity contribution in [2.24, 2.45) is 22.9 Å². The molecule has 54 heavy (non-hydrogen) atoms. The molecule has 0 bridgehead atoms. The van der Waals surface area contributed by atoms with Crippen molar-refractivity contribution in [1.29, 1.82) is 0 Å². The van der Waals surface area contributed by atoms with E-state index in [0.717, 1.165) is 6.42 Å². The minimum absolute atomic E-state index is 0.0457. The molecule has 2 rings (SSSR count). The van der Waals surface area contributed by atoms with E-state index in [2.05, 4.69) is 20.7 Å². The number of likely N-dealkylation sites (N-methyl/N-ethyl adjacent to an activating group) is 2. The molecule has 1 aromatic carbocycles. The van der Waals surface area contributed by atoms with Crippen LogP contribution in [0.4, 0.5) is 0 Å². The van der Waals surface area contributed by atoms with Crippen molar-refractivity contribution in [2.45, 2.75) is 129 Å². The summed E-state index contributed by atoms with van der Waals surface area (Å²) >= 11 is 0. The maximum atomic E-state index is 14.3. The number of carbonyl (C=O) groups excluding carboxylic acids is 4. The zero-order valence-corrected chi connectivity index (χ0v) is 34.4. The van der Waals surface area contributed by atoms with E-state index >= 15 is 0 Å². The van der Waals surface area contributed by atoms with Crippen LogP contribution in [0.5, 0.6) is 0 Å². The van der Waals surface area contributed by atoms with Crippen LogP contribution >= 0.6 is 0 Å². The Bertz CT molecular complexity index is 1400. The van der Waals surface area contributed by atoms with E-state index in [1.54, 1.807) is 63.8 Å². The Balaban J connectivity index is 2.31. The molecule has 1 fully saturated rings. The van der Waals surface area contributed by atoms with Gasteiger partial charge in [-0.3, -0.25) is 24.1 Å². The molecule has 0 radical (unpaired) electrons. The highest BCUT2D eigenvalue weighted by atomic mass is 16.5. The van der Waals surface area contributed by atoms with Crippen LogP contribution in [-0.4, -0.2) is 134 Å². The molecule has 1 aliphatic rings. The van der Waals surface area contributed by atoms with Gasteiger partial charge in [-0.1, -0.05) is 83.4 Å². The summed E-state index contributed by atoms with van der Waals surface area (Å²) in [6.45, 7) is 13.4. The van der Waals surface area contributed by atoms with Crippen molar-refractivity contribution in [3.05, 3.63) is 46.3 Å². The Labute approximate surface area is 322 Å². The van der Waals surface area contributed by atoms with Gasteiger partial charge in [0.25, 0.3) is 0 Å². The maximum absolute atomic E-state index is 14.3. The summed E-state index contributed by atoms with van der Waals surface area (Å²) in [5.41, 5.74) is 9.94. The first-order chi connectivity index (χ1) is 25.5. The fourth-order valence-corrected chi connectivity index (χ4v) is 7.81. The van der Waals surface area contributed by atoms with Gasteiger partial charge >= 0.3 is 0 Å². The lowest BCUT2D eigenvalue weighted by atomic mass is 9.89. The first kappa shape index (κ1) is 46.4. The molecule has 0 saturated carbocycles. The normalized spacial score (nSPS) is 20.1. The molecule has 1 heterocycles. The molecule has 4 amide bonds. The first-order valence-electron chi connectivity index (χ1n) is 19.1. The molecular weight excluding hydrogens is 692 g/mol. The molecule has 1 aromatic rings. The van der Waals surface area contributed by atoms with Crippen molar-refractivity contribution in [1.82, 2.24) is 25.3 Å². The van der Waals surface area contributed by atoms with Gasteiger partial charge in [0.2, 0.25) is 23.6 Å². The predicted molar refractivity (Wildman–Crippen MR) is 208 cm³/mol. The second-order valence-electron chi connectivity index (χ2n) is 15.3. The Kier molecular flexibility index (Phi) is 18.9. The van der Waals surface area contributed by atoms with Crippen LogP contribution in [0.25, 0.3) is 10.4 Å². The predicted octanol–water partition coefficient (Wildman–Crippen LogP) is 3.91. The Morgan fingerprint density at radius 2 is 1.63 bits per heavy atom. The van der Waals surface area contributed by atoms with Crippen molar-refractivity contribution >= 4 is 23.6 Å². The third-order valence-corrected chi connectivity index (χ3v) is 11.0. The van der Waals surface area contributed by atoms with Crippen LogP contribution in [0.3, 0.4) is 0 Å². The number of rotatable bonds is 21. The molecule has 0 aliphatic carbocycles. The summed E-state index contributed by atoms with van der Waals surface area (Å²) in [6, 6.07) is 5.02. The molecule has 11 atom stereocenters. The molecule has 10 unspecified atom stereocenters. The van der Waals surface area contributed by atoms with Gasteiger partial charge in [0, 0.05) is 32.7 Å². The zero-order chi connectivity index (χ0) is 40.9. The number of azide groups is 1. The van der Waals surface area contributed by atoms with Crippen LogP contribution in [-0.2, 0) is 28.7 Å². The topological polar surface area (TPSA) is 190 Å². The first-order valence-corrected chi connectivity index (χ1v) is 19.1. The highest BCUT2D eigenvalue weighted by Crippen LogP contribution is 2.30. The van der Waals surface area contributed by atoms with Crippen molar-refractivity contribution in [3.8, 4) is 0 Å². The lowest BCUT2D eigenvalue weighted by Gasteiger charge is -2.41. The van der Waals surface area contributed by atoms with Gasteiger partial charge in [-0.15, -0.1) is 0 Å². The van der Waals surface area contributed by atoms with E-state index in [-0.39, 0.29) is 42.0 Å². The van der Waals surface area contributed by atoms with Crippen molar-refractivity contribution in [2.75, 3.05) is 41.9 Å². The minimum Gasteiger partial charge on any atom is -0.386 e. The number of aliphatic hydroxyl groups is 1. The van der Waals surface area contributed by atoms with Crippen LogP contribution < -0.4 is 10.6 Å². The number of methoxy groups -OCH3 is 2. The third-order valence-electron chi connectivity index (χ3n) is 11.0. The average molecular weight is 759 g/mol. The summed E-state index contributed by atoms with van der Waals surface area (Å²) < 4.78 is 11.9. The SMILES string of the molecule is CCC(C)C(C(CC(=O)N1CCC[C@H]1C(OC)C(C)C(=O)NC(C)C(O)c1ccccc1)OC)N(C)C(=O)C(NC(=O)C(C(C)C)N(C)C)C(C)N=[N+]=[N-]. The summed E-state index contributed by atoms with van der Waals surface area (Å²) in [5, 5.41) is 20.4. The number of nitrogens with zero attached hydrogens (tertiary/aromatic N) is 6. The second-order valence-corrected chi connectivity index (χ2v) is 15.3. The molecule has 15 nitrogen and oxygen atoms in total.